The van der Waals surface area contributed by atoms with Crippen LogP contribution in [0.2, 0.25) is 0 Å². The number of ketones is 1. The van der Waals surface area contributed by atoms with Crippen LogP contribution in [-0.2, 0) is 11.3 Å². The number of hydrogen-bond donors (Lipinski definition) is 1. The summed E-state index contributed by atoms with van der Waals surface area (Å²) >= 11 is 0. The number of carbonyl (C=O) groups excluding carboxylic acids is 2. The van der Waals surface area contributed by atoms with Crippen LogP contribution in [0.5, 0.6) is 0 Å². The fourth-order valence-corrected chi connectivity index (χ4v) is 4.13. The molecule has 31 heavy (non-hydrogen) atoms. The van der Waals surface area contributed by atoms with Gasteiger partial charge in [-0.15, -0.1) is 0 Å². The Labute approximate surface area is 183 Å². The minimum absolute atomic E-state index is 0.0235. The molecule has 158 valence electrons. The van der Waals surface area contributed by atoms with Gasteiger partial charge in [0.15, 0.2) is 5.78 Å². The number of hydrogen-bond acceptors (Lipinski definition) is 4. The maximum atomic E-state index is 13.0. The minimum atomic E-state index is -0.504. The van der Waals surface area contributed by atoms with Crippen LogP contribution in [0.15, 0.2) is 84.9 Å². The van der Waals surface area contributed by atoms with Crippen LogP contribution in [0.1, 0.15) is 27.5 Å². The predicted molar refractivity (Wildman–Crippen MR) is 123 cm³/mol. The van der Waals surface area contributed by atoms with E-state index in [9.17, 15) is 9.59 Å². The molecule has 3 aromatic rings. The van der Waals surface area contributed by atoms with E-state index in [0.29, 0.717) is 18.7 Å². The summed E-state index contributed by atoms with van der Waals surface area (Å²) in [7, 11) is 2.03. The van der Waals surface area contributed by atoms with Crippen LogP contribution in [-0.4, -0.2) is 43.3 Å². The van der Waals surface area contributed by atoms with Gasteiger partial charge >= 0.3 is 0 Å². The molecule has 5 nitrogen and oxygen atoms in total. The summed E-state index contributed by atoms with van der Waals surface area (Å²) in [6.45, 7) is 2.11. The van der Waals surface area contributed by atoms with E-state index in [1.165, 1.54) is 5.56 Å². The van der Waals surface area contributed by atoms with Gasteiger partial charge in [-0.2, -0.15) is 0 Å². The van der Waals surface area contributed by atoms with Gasteiger partial charge in [0.1, 0.15) is 6.04 Å². The number of para-hydroxylation sites is 1. The lowest BCUT2D eigenvalue weighted by Gasteiger charge is -2.36. The van der Waals surface area contributed by atoms with Crippen molar-refractivity contribution in [2.24, 2.45) is 0 Å². The number of carbonyl (C=O) groups is 2. The van der Waals surface area contributed by atoms with E-state index in [2.05, 4.69) is 22.3 Å². The molecule has 0 spiro atoms. The highest BCUT2D eigenvalue weighted by Gasteiger charge is 2.34. The minimum Gasteiger partial charge on any atom is -0.370 e. The third kappa shape index (κ3) is 4.84. The topological polar surface area (TPSA) is 52.7 Å². The van der Waals surface area contributed by atoms with Crippen LogP contribution in [0, 0.1) is 0 Å². The van der Waals surface area contributed by atoms with Crippen LogP contribution in [0.4, 0.5) is 5.69 Å². The molecule has 1 saturated heterocycles. The van der Waals surface area contributed by atoms with E-state index < -0.39 is 6.04 Å². The Morgan fingerprint density at radius 3 is 2.35 bits per heavy atom. The molecule has 1 aliphatic heterocycles. The molecule has 1 amide bonds. The van der Waals surface area contributed by atoms with Gasteiger partial charge in [-0.25, -0.2) is 0 Å². The van der Waals surface area contributed by atoms with Gasteiger partial charge in [0.2, 0.25) is 5.91 Å². The molecule has 1 N–H and O–H groups in total. The maximum Gasteiger partial charge on any atom is 0.242 e. The van der Waals surface area contributed by atoms with Crippen molar-refractivity contribution in [2.75, 3.05) is 31.6 Å². The lowest BCUT2D eigenvalue weighted by molar-refractivity contribution is -0.128. The number of nitrogens with zero attached hydrogens (tertiary/aromatic N) is 2. The quantitative estimate of drug-likeness (QED) is 0.601. The van der Waals surface area contributed by atoms with E-state index in [-0.39, 0.29) is 18.2 Å². The molecule has 1 aliphatic rings. The van der Waals surface area contributed by atoms with Crippen molar-refractivity contribution >= 4 is 17.4 Å². The monoisotopic (exact) mass is 413 g/mol. The average molecular weight is 414 g/mol. The van der Waals surface area contributed by atoms with Crippen LogP contribution in [0.3, 0.4) is 0 Å². The van der Waals surface area contributed by atoms with Gasteiger partial charge in [-0.3, -0.25) is 14.5 Å². The van der Waals surface area contributed by atoms with Gasteiger partial charge in [-0.1, -0.05) is 78.9 Å². The zero-order chi connectivity index (χ0) is 21.6. The van der Waals surface area contributed by atoms with E-state index in [1.54, 1.807) is 0 Å². The average Bonchev–Trinajstić information content (AvgIpc) is 2.80. The molecular weight excluding hydrogens is 386 g/mol. The van der Waals surface area contributed by atoms with E-state index >= 15 is 0 Å². The number of amides is 1. The zero-order valence-corrected chi connectivity index (χ0v) is 17.7. The lowest BCUT2D eigenvalue weighted by Crippen LogP contribution is -2.51. The molecular formula is C26H27N3O2. The highest BCUT2D eigenvalue weighted by Crippen LogP contribution is 2.32. The van der Waals surface area contributed by atoms with Crippen molar-refractivity contribution in [1.82, 2.24) is 10.2 Å². The molecule has 1 unspecified atom stereocenters. The molecule has 0 radical (unpaired) electrons. The molecule has 0 aromatic heterocycles. The number of benzene rings is 3. The summed E-state index contributed by atoms with van der Waals surface area (Å²) in [5, 5.41) is 2.98. The lowest BCUT2D eigenvalue weighted by atomic mass is 9.98. The molecule has 3 aromatic carbocycles. The third-order valence-electron chi connectivity index (χ3n) is 5.66. The predicted octanol–water partition coefficient (Wildman–Crippen LogP) is 3.68. The SMILES string of the molecule is CN(Cc1ccccc1)c1ccccc1C1C(=O)NCCN1CC(=O)c1ccccc1. The Bertz CT molecular complexity index is 1040. The summed E-state index contributed by atoms with van der Waals surface area (Å²) in [6.07, 6.45) is 0. The number of piperazine rings is 1. The normalized spacial score (nSPS) is 16.5. The molecule has 1 heterocycles. The first-order chi connectivity index (χ1) is 15.1. The van der Waals surface area contributed by atoms with Gasteiger partial charge in [-0.05, 0) is 11.6 Å². The van der Waals surface area contributed by atoms with Crippen LogP contribution in [0.25, 0.3) is 0 Å². The zero-order valence-electron chi connectivity index (χ0n) is 17.7. The first kappa shape index (κ1) is 20.8. The summed E-state index contributed by atoms with van der Waals surface area (Å²) in [4.78, 5) is 30.0. The Morgan fingerprint density at radius 2 is 1.61 bits per heavy atom. The molecule has 1 atom stereocenters. The molecule has 1 fully saturated rings. The first-order valence-corrected chi connectivity index (χ1v) is 10.6. The fourth-order valence-electron chi connectivity index (χ4n) is 4.13. The van der Waals surface area contributed by atoms with Crippen molar-refractivity contribution in [1.29, 1.82) is 0 Å². The number of anilines is 1. The third-order valence-corrected chi connectivity index (χ3v) is 5.66. The van der Waals surface area contributed by atoms with Gasteiger partial charge < -0.3 is 10.2 Å². The van der Waals surface area contributed by atoms with Crippen LogP contribution < -0.4 is 10.2 Å². The molecule has 0 aliphatic carbocycles. The summed E-state index contributed by atoms with van der Waals surface area (Å²) in [6, 6.07) is 27.0. The standard InChI is InChI=1S/C26H27N3O2/c1-28(18-20-10-4-2-5-11-20)23-15-9-8-14-22(23)25-26(31)27-16-17-29(25)19-24(30)21-12-6-3-7-13-21/h2-15,25H,16-19H2,1H3,(H,27,31). The Morgan fingerprint density at radius 1 is 0.968 bits per heavy atom. The van der Waals surface area contributed by atoms with Gasteiger partial charge in [0, 0.05) is 43.5 Å². The second-order valence-corrected chi connectivity index (χ2v) is 7.85. The van der Waals surface area contributed by atoms with E-state index in [4.69, 9.17) is 0 Å². The maximum absolute atomic E-state index is 13.0. The van der Waals surface area contributed by atoms with Crippen molar-refractivity contribution in [3.05, 3.63) is 102 Å². The Balaban J connectivity index is 1.61. The van der Waals surface area contributed by atoms with E-state index in [1.807, 2.05) is 84.7 Å². The number of nitrogens with one attached hydrogen (secondary N) is 1. The highest BCUT2D eigenvalue weighted by atomic mass is 16.2. The van der Waals surface area contributed by atoms with Crippen LogP contribution >= 0.6 is 0 Å². The molecule has 5 heteroatoms. The summed E-state index contributed by atoms with van der Waals surface area (Å²) < 4.78 is 0. The Kier molecular flexibility index (Phi) is 6.43. The van der Waals surface area contributed by atoms with Crippen molar-refractivity contribution in [3.63, 3.8) is 0 Å². The molecule has 0 bridgehead atoms. The molecule has 4 rings (SSSR count). The van der Waals surface area contributed by atoms with Crippen molar-refractivity contribution < 1.29 is 9.59 Å². The first-order valence-electron chi connectivity index (χ1n) is 10.6. The number of rotatable bonds is 7. The van der Waals surface area contributed by atoms with Crippen molar-refractivity contribution in [3.8, 4) is 0 Å². The number of Topliss-reactive ketones (excluding diaryl/α,β-unsaturated/α-hetero) is 1. The second-order valence-electron chi connectivity index (χ2n) is 7.85. The molecule has 0 saturated carbocycles. The Hall–Kier alpha value is -3.44. The second kappa shape index (κ2) is 9.58. The highest BCUT2D eigenvalue weighted by molar-refractivity contribution is 5.98. The van der Waals surface area contributed by atoms with Gasteiger partial charge in [0.05, 0.1) is 6.54 Å². The van der Waals surface area contributed by atoms with Gasteiger partial charge in [0.25, 0.3) is 0 Å². The summed E-state index contributed by atoms with van der Waals surface area (Å²) in [5.41, 5.74) is 3.77. The smallest absolute Gasteiger partial charge is 0.242 e. The fraction of sp³-hybridized carbons (Fsp3) is 0.231. The summed E-state index contributed by atoms with van der Waals surface area (Å²) in [5.74, 6) is -0.0388. The van der Waals surface area contributed by atoms with E-state index in [0.717, 1.165) is 17.8 Å². The largest absolute Gasteiger partial charge is 0.370 e. The van der Waals surface area contributed by atoms with Crippen molar-refractivity contribution in [2.45, 2.75) is 12.6 Å².